The number of phenols is 12. The number of carboxylic acid groups (broad SMARTS) is 8. The fraction of sp³-hybridized carbons (Fsp3) is 0.333. The molecule has 0 aromatic heterocycles. The van der Waals surface area contributed by atoms with Crippen LogP contribution in [0.25, 0.3) is 0 Å². The summed E-state index contributed by atoms with van der Waals surface area (Å²) in [5.74, 6) is -9.08. The highest BCUT2D eigenvalue weighted by Gasteiger charge is 2.21. The van der Waals surface area contributed by atoms with Crippen LogP contribution in [0.15, 0.2) is 97.1 Å². The number of ether oxygens (including phenoxy) is 7. The van der Waals surface area contributed by atoms with E-state index in [4.69, 9.17) is 99.5 Å². The summed E-state index contributed by atoms with van der Waals surface area (Å²) in [4.78, 5) is 83.1. The standard InChI is InChI=1S/C12H16O4.3C11H14O5.3C10H12O5.C9H10O5/c1-8-3-4-9(5-6-11(14)15)10(7-13)12(8)16-2;1-15-8-5-3-7(4-6-9(12)13)10(14)11(8)16-2;1-16-9-4-2-7(3-5-10(13)14)8(6-12)11(9)15;1-16-11-8(6-12)7(2-4-9(11)13)3-5-10(14)15;1-15-7-4-2-6(3-5-8(11)12)9(13)10(7)14;1-15-10-7(11)4-2-6(9(10)14)3-5-8(12)13;11-5-7-6(2-4-9(13)14)1-3-8(12)10(7)15;10-6-3-1-5(2-4-7(11)12)8(13)9(6)14/h3-4,13H,5-7H2,1-2H3,(H,14,15);3,5,14H,4,6H2,1-2H3,(H,12,13);2,4,12,15H,3,5-6H2,1H3,(H,13,14);2,4,12-13H,3,5-6H2,1H3,(H,14,15);2,4,13-14H,3,5H2,1H3,(H,11,12);2,4,11,14H,3,5H2,1H3,(H,12,13);1,3,11-12,15H,2,4-5H2,(H,13,14);1,3,10,13-14H,2,4H2,(H,11,12). The van der Waals surface area contributed by atoms with Crippen LogP contribution in [-0.4, -0.2) is 220 Å². The van der Waals surface area contributed by atoms with E-state index in [0.717, 1.165) is 11.1 Å². The van der Waals surface area contributed by atoms with Gasteiger partial charge in [0.1, 0.15) is 5.75 Å². The zero-order valence-electron chi connectivity index (χ0n) is 68.2. The number of benzene rings is 8. The van der Waals surface area contributed by atoms with E-state index < -0.39 is 71.6 Å². The number of aryl methyl sites for hydroxylation is 9. The van der Waals surface area contributed by atoms with Gasteiger partial charge in [0.15, 0.2) is 80.5 Å². The molecule has 0 saturated carbocycles. The first-order valence-electron chi connectivity index (χ1n) is 36.5. The van der Waals surface area contributed by atoms with Crippen LogP contribution < -0.4 is 33.2 Å². The number of hydrogen-bond acceptors (Lipinski definition) is 31. The summed E-state index contributed by atoms with van der Waals surface area (Å²) < 4.78 is 34.6. The van der Waals surface area contributed by atoms with Gasteiger partial charge in [0, 0.05) is 73.6 Å². The molecule has 8 aromatic rings. The van der Waals surface area contributed by atoms with Crippen LogP contribution in [0, 0.1) is 6.92 Å². The van der Waals surface area contributed by atoms with Crippen molar-refractivity contribution in [3.05, 3.63) is 169 Å². The Bertz CT molecular complexity index is 4720. The highest BCUT2D eigenvalue weighted by atomic mass is 16.5. The number of aliphatic carboxylic acids is 8. The number of methoxy groups -OCH3 is 7. The summed E-state index contributed by atoms with van der Waals surface area (Å²) in [5.41, 5.74) is 6.82. The molecule has 24 N–H and O–H groups in total. The number of aromatic hydroxyl groups is 12. The van der Waals surface area contributed by atoms with Crippen molar-refractivity contribution in [1.82, 2.24) is 0 Å². The van der Waals surface area contributed by atoms with Crippen LogP contribution in [0.3, 0.4) is 0 Å². The molecule has 0 aliphatic heterocycles. The number of aliphatic hydroxyl groups is 4. The average molecular weight is 1740 g/mol. The van der Waals surface area contributed by atoms with E-state index in [2.05, 4.69) is 0 Å². The van der Waals surface area contributed by atoms with Crippen molar-refractivity contribution in [2.24, 2.45) is 0 Å². The molecule has 0 heterocycles. The van der Waals surface area contributed by atoms with Crippen molar-refractivity contribution in [3.8, 4) is 109 Å². The molecule has 0 radical (unpaired) electrons. The molecule has 39 nitrogen and oxygen atoms in total. The molecule has 0 aliphatic rings. The second kappa shape index (κ2) is 55.3. The maximum Gasteiger partial charge on any atom is 0.303 e. The lowest BCUT2D eigenvalue weighted by Crippen LogP contribution is -2.03. The van der Waals surface area contributed by atoms with Gasteiger partial charge in [0.05, 0.1) is 76.2 Å². The summed E-state index contributed by atoms with van der Waals surface area (Å²) in [5, 5.41) is 217. The number of phenolic OH excluding ortho intramolecular Hbond substituents is 10. The maximum atomic E-state index is 10.5. The zero-order valence-corrected chi connectivity index (χ0v) is 68.2. The van der Waals surface area contributed by atoms with Crippen LogP contribution in [-0.2, 0) is 116 Å². The first-order valence-corrected chi connectivity index (χ1v) is 36.5. The summed E-state index contributed by atoms with van der Waals surface area (Å²) in [6.45, 7) is 0.665. The van der Waals surface area contributed by atoms with Crippen LogP contribution in [0.2, 0.25) is 0 Å². The number of aliphatic hydroxyl groups excluding tert-OH is 4. The Hall–Kier alpha value is -14.4. The Morgan fingerprint density at radius 1 is 0.220 bits per heavy atom. The Kier molecular flexibility index (Phi) is 47.9. The molecule has 8 aromatic carbocycles. The van der Waals surface area contributed by atoms with E-state index >= 15 is 0 Å². The number of carboxylic acids is 8. The lowest BCUT2D eigenvalue weighted by atomic mass is 9.99. The minimum absolute atomic E-state index is 0.0269. The van der Waals surface area contributed by atoms with E-state index in [0.29, 0.717) is 80.0 Å². The van der Waals surface area contributed by atoms with Crippen molar-refractivity contribution in [1.29, 1.82) is 0 Å². The zero-order chi connectivity index (χ0) is 93.5. The van der Waals surface area contributed by atoms with Crippen molar-refractivity contribution in [2.45, 2.75) is 136 Å². The van der Waals surface area contributed by atoms with Crippen LogP contribution in [0.5, 0.6) is 109 Å². The van der Waals surface area contributed by atoms with Crippen molar-refractivity contribution in [3.63, 3.8) is 0 Å². The highest BCUT2D eigenvalue weighted by Crippen LogP contribution is 2.43. The highest BCUT2D eigenvalue weighted by molar-refractivity contribution is 5.72. The molecule has 674 valence electrons. The molecule has 0 spiro atoms. The van der Waals surface area contributed by atoms with Gasteiger partial charge < -0.3 is 156 Å². The van der Waals surface area contributed by atoms with Crippen LogP contribution in [0.4, 0.5) is 0 Å². The molecule has 0 atom stereocenters. The third kappa shape index (κ3) is 35.6. The second-order valence-corrected chi connectivity index (χ2v) is 25.4. The Morgan fingerprint density at radius 2 is 0.455 bits per heavy atom. The monoisotopic (exact) mass is 1740 g/mol. The Morgan fingerprint density at radius 3 is 0.789 bits per heavy atom. The van der Waals surface area contributed by atoms with E-state index in [9.17, 15) is 94.5 Å². The van der Waals surface area contributed by atoms with Crippen LogP contribution in [0.1, 0.15) is 124 Å². The van der Waals surface area contributed by atoms with Crippen molar-refractivity contribution < 1.29 is 194 Å². The molecular formula is C84H104O39. The fourth-order valence-corrected chi connectivity index (χ4v) is 10.9. The average Bonchev–Trinajstić information content (AvgIpc) is 0.824. The minimum Gasteiger partial charge on any atom is -0.504 e. The Labute approximate surface area is 703 Å². The quantitative estimate of drug-likeness (QED) is 0.0166. The molecule has 123 heavy (non-hydrogen) atoms. The molecule has 0 saturated heterocycles. The van der Waals surface area contributed by atoms with Gasteiger partial charge in [-0.25, -0.2) is 0 Å². The van der Waals surface area contributed by atoms with Gasteiger partial charge in [-0.3, -0.25) is 38.4 Å². The molecule has 0 unspecified atom stereocenters. The molecule has 0 amide bonds. The predicted octanol–water partition coefficient (Wildman–Crippen LogP) is 8.44. The summed E-state index contributed by atoms with van der Waals surface area (Å²) in [6, 6.07) is 24.3. The topological polar surface area (TPSA) is 687 Å². The maximum absolute atomic E-state index is 10.5. The molecule has 8 rings (SSSR count). The lowest BCUT2D eigenvalue weighted by Gasteiger charge is -2.14. The van der Waals surface area contributed by atoms with Crippen molar-refractivity contribution >= 4 is 47.8 Å². The van der Waals surface area contributed by atoms with E-state index in [1.165, 1.54) is 97.3 Å². The number of carbonyl (C=O) groups is 8. The van der Waals surface area contributed by atoms with E-state index in [1.807, 2.05) is 19.1 Å². The number of hydrogen-bond donors (Lipinski definition) is 24. The smallest absolute Gasteiger partial charge is 0.303 e. The SMILES string of the molecule is COc1c(C)ccc(CCC(=O)O)c1CO.COc1c(O)ccc(CCC(=O)O)c1CO.COc1c(O)ccc(CCC(=O)O)c1O.COc1ccc(CCC(=O)O)c(CO)c1O.COc1ccc(CCC(=O)O)c(O)c1O.COc1ccc(CCC(=O)O)c(O)c1OC.O=C(O)CCc1ccc(O)c(O)c1CO.O=C(O)CCc1ccc(O)c(O)c1O. The fourth-order valence-electron chi connectivity index (χ4n) is 10.9. The van der Waals surface area contributed by atoms with Gasteiger partial charge in [0.25, 0.3) is 0 Å². The molecular weight excluding hydrogens is 1630 g/mol. The van der Waals surface area contributed by atoms with E-state index in [-0.39, 0.29) is 196 Å². The normalized spacial score (nSPS) is 10.0. The molecule has 0 bridgehead atoms. The van der Waals surface area contributed by atoms with Gasteiger partial charge in [-0.05, 0) is 151 Å². The summed E-state index contributed by atoms with van der Waals surface area (Å²) >= 11 is 0. The molecule has 39 heteroatoms. The Balaban J connectivity index is 0.000000703. The molecule has 0 aliphatic carbocycles. The van der Waals surface area contributed by atoms with Gasteiger partial charge in [-0.15, -0.1) is 0 Å². The second-order valence-electron chi connectivity index (χ2n) is 25.4. The predicted molar refractivity (Wildman–Crippen MR) is 433 cm³/mol. The first-order chi connectivity index (χ1) is 58.1. The molecule has 0 fully saturated rings. The first kappa shape index (κ1) is 107. The van der Waals surface area contributed by atoms with Gasteiger partial charge in [-0.2, -0.15) is 0 Å². The largest absolute Gasteiger partial charge is 0.504 e. The number of rotatable bonds is 35. The van der Waals surface area contributed by atoms with E-state index in [1.54, 1.807) is 37.4 Å². The minimum atomic E-state index is -0.989. The van der Waals surface area contributed by atoms with Gasteiger partial charge in [-0.1, -0.05) is 54.6 Å². The summed E-state index contributed by atoms with van der Waals surface area (Å²) in [7, 11) is 9.90. The van der Waals surface area contributed by atoms with Crippen molar-refractivity contribution in [2.75, 3.05) is 49.8 Å². The lowest BCUT2D eigenvalue weighted by molar-refractivity contribution is -0.138. The third-order valence-corrected chi connectivity index (χ3v) is 17.4. The van der Waals surface area contributed by atoms with Gasteiger partial charge in [0.2, 0.25) is 23.0 Å². The third-order valence-electron chi connectivity index (χ3n) is 17.4. The van der Waals surface area contributed by atoms with Gasteiger partial charge >= 0.3 is 47.8 Å². The summed E-state index contributed by atoms with van der Waals surface area (Å²) in [6.07, 6.45) is 1.43. The van der Waals surface area contributed by atoms with Crippen LogP contribution >= 0.6 is 0 Å².